The standard InChI is InChI=1S/C14H19NO3/c1-9-5-13(17-2)15-8-12(9)14(16)6-10-3-4-11(7-14)18-10/h5,8,10-11,16H,3-4,6-7H2,1-2H3. The van der Waals surface area contributed by atoms with Crippen LogP contribution in [0.2, 0.25) is 0 Å². The lowest BCUT2D eigenvalue weighted by Crippen LogP contribution is -2.39. The third kappa shape index (κ3) is 1.89. The van der Waals surface area contributed by atoms with Gasteiger partial charge in [0.25, 0.3) is 0 Å². The second-order valence-corrected chi connectivity index (χ2v) is 5.44. The predicted octanol–water partition coefficient (Wildman–Crippen LogP) is 1.93. The van der Waals surface area contributed by atoms with Crippen molar-refractivity contribution in [2.75, 3.05) is 7.11 Å². The highest BCUT2D eigenvalue weighted by molar-refractivity contribution is 5.33. The molecule has 3 rings (SSSR count). The number of hydrogen-bond donors (Lipinski definition) is 1. The Balaban J connectivity index is 1.94. The van der Waals surface area contributed by atoms with Crippen LogP contribution in [-0.2, 0) is 10.3 Å². The van der Waals surface area contributed by atoms with Crippen LogP contribution in [-0.4, -0.2) is 29.4 Å². The van der Waals surface area contributed by atoms with E-state index in [0.717, 1.165) is 24.0 Å². The fourth-order valence-corrected chi connectivity index (χ4v) is 3.27. The number of pyridine rings is 1. The molecule has 2 unspecified atom stereocenters. The Morgan fingerprint density at radius 3 is 2.61 bits per heavy atom. The maximum atomic E-state index is 10.9. The molecule has 2 fully saturated rings. The van der Waals surface area contributed by atoms with Crippen molar-refractivity contribution >= 4 is 0 Å². The van der Waals surface area contributed by atoms with Crippen molar-refractivity contribution in [2.24, 2.45) is 0 Å². The number of hydrogen-bond acceptors (Lipinski definition) is 4. The summed E-state index contributed by atoms with van der Waals surface area (Å²) >= 11 is 0. The van der Waals surface area contributed by atoms with Gasteiger partial charge in [0.05, 0.1) is 24.9 Å². The number of aliphatic hydroxyl groups is 1. The molecule has 0 spiro atoms. The lowest BCUT2D eigenvalue weighted by Gasteiger charge is -2.37. The lowest BCUT2D eigenvalue weighted by atomic mass is 9.82. The summed E-state index contributed by atoms with van der Waals surface area (Å²) in [6.07, 6.45) is 5.64. The SMILES string of the molecule is COc1cc(C)c(C2(O)CC3CCC(C2)O3)cn1. The average molecular weight is 249 g/mol. The van der Waals surface area contributed by atoms with Crippen LogP contribution >= 0.6 is 0 Å². The highest BCUT2D eigenvalue weighted by Gasteiger charge is 2.45. The first kappa shape index (κ1) is 11.9. The minimum atomic E-state index is -0.784. The zero-order valence-corrected chi connectivity index (χ0v) is 10.8. The van der Waals surface area contributed by atoms with E-state index in [1.54, 1.807) is 13.3 Å². The van der Waals surface area contributed by atoms with Gasteiger partial charge in [0.15, 0.2) is 0 Å². The smallest absolute Gasteiger partial charge is 0.213 e. The average Bonchev–Trinajstić information content (AvgIpc) is 2.68. The molecule has 2 atom stereocenters. The molecule has 1 aromatic heterocycles. The van der Waals surface area contributed by atoms with Gasteiger partial charge in [-0.2, -0.15) is 0 Å². The largest absolute Gasteiger partial charge is 0.481 e. The van der Waals surface area contributed by atoms with Crippen LogP contribution in [0.1, 0.15) is 36.8 Å². The minimum Gasteiger partial charge on any atom is -0.481 e. The van der Waals surface area contributed by atoms with E-state index in [0.29, 0.717) is 18.7 Å². The molecule has 0 aliphatic carbocycles. The van der Waals surface area contributed by atoms with Crippen LogP contribution in [0.15, 0.2) is 12.3 Å². The third-order valence-corrected chi connectivity index (χ3v) is 4.12. The van der Waals surface area contributed by atoms with Gasteiger partial charge in [-0.25, -0.2) is 4.98 Å². The minimum absolute atomic E-state index is 0.204. The van der Waals surface area contributed by atoms with E-state index in [-0.39, 0.29) is 12.2 Å². The van der Waals surface area contributed by atoms with Crippen molar-refractivity contribution in [3.8, 4) is 5.88 Å². The molecular weight excluding hydrogens is 230 g/mol. The molecule has 2 bridgehead atoms. The maximum Gasteiger partial charge on any atom is 0.213 e. The van der Waals surface area contributed by atoms with Crippen molar-refractivity contribution in [1.29, 1.82) is 0 Å². The van der Waals surface area contributed by atoms with Gasteiger partial charge in [0, 0.05) is 30.7 Å². The Morgan fingerprint density at radius 1 is 1.39 bits per heavy atom. The summed E-state index contributed by atoms with van der Waals surface area (Å²) in [5, 5.41) is 10.9. The first-order valence-corrected chi connectivity index (χ1v) is 6.50. The number of fused-ring (bicyclic) bond motifs is 2. The normalized spacial score (nSPS) is 34.6. The highest BCUT2D eigenvalue weighted by atomic mass is 16.5. The number of aryl methyl sites for hydroxylation is 1. The highest BCUT2D eigenvalue weighted by Crippen LogP contribution is 2.44. The summed E-state index contributed by atoms with van der Waals surface area (Å²) in [4.78, 5) is 4.23. The van der Waals surface area contributed by atoms with Gasteiger partial charge < -0.3 is 14.6 Å². The summed E-state index contributed by atoms with van der Waals surface area (Å²) in [6.45, 7) is 1.99. The molecule has 0 amide bonds. The van der Waals surface area contributed by atoms with Crippen LogP contribution < -0.4 is 4.74 Å². The summed E-state index contributed by atoms with van der Waals surface area (Å²) < 4.78 is 10.9. The summed E-state index contributed by atoms with van der Waals surface area (Å²) in [6, 6.07) is 1.88. The van der Waals surface area contributed by atoms with Gasteiger partial charge in [-0.05, 0) is 25.3 Å². The van der Waals surface area contributed by atoms with E-state index in [9.17, 15) is 5.11 Å². The number of rotatable bonds is 2. The lowest BCUT2D eigenvalue weighted by molar-refractivity contribution is -0.116. The Hall–Kier alpha value is -1.13. The summed E-state index contributed by atoms with van der Waals surface area (Å²) in [5.74, 6) is 0.592. The second kappa shape index (κ2) is 4.21. The molecule has 18 heavy (non-hydrogen) atoms. The summed E-state index contributed by atoms with van der Waals surface area (Å²) in [7, 11) is 1.60. The van der Waals surface area contributed by atoms with Gasteiger partial charge in [-0.1, -0.05) is 0 Å². The van der Waals surface area contributed by atoms with Gasteiger partial charge in [0.1, 0.15) is 0 Å². The zero-order valence-electron chi connectivity index (χ0n) is 10.8. The molecule has 0 aromatic carbocycles. The quantitative estimate of drug-likeness (QED) is 0.870. The van der Waals surface area contributed by atoms with E-state index < -0.39 is 5.60 Å². The topological polar surface area (TPSA) is 51.6 Å². The Morgan fingerprint density at radius 2 is 2.06 bits per heavy atom. The van der Waals surface area contributed by atoms with Crippen molar-refractivity contribution in [3.63, 3.8) is 0 Å². The van der Waals surface area contributed by atoms with Crippen LogP contribution in [0.5, 0.6) is 5.88 Å². The molecule has 98 valence electrons. The zero-order chi connectivity index (χ0) is 12.8. The number of methoxy groups -OCH3 is 1. The first-order chi connectivity index (χ1) is 8.60. The fraction of sp³-hybridized carbons (Fsp3) is 0.643. The van der Waals surface area contributed by atoms with Crippen molar-refractivity contribution in [1.82, 2.24) is 4.98 Å². The Kier molecular flexibility index (Phi) is 2.79. The Bertz CT molecular complexity index is 448. The Labute approximate surface area is 107 Å². The van der Waals surface area contributed by atoms with Crippen LogP contribution in [0.25, 0.3) is 0 Å². The predicted molar refractivity (Wildman–Crippen MR) is 66.6 cm³/mol. The van der Waals surface area contributed by atoms with E-state index in [4.69, 9.17) is 9.47 Å². The van der Waals surface area contributed by atoms with Crippen LogP contribution in [0, 0.1) is 6.92 Å². The molecule has 2 aliphatic rings. The third-order valence-electron chi connectivity index (χ3n) is 4.12. The molecular formula is C14H19NO3. The van der Waals surface area contributed by atoms with Crippen LogP contribution in [0.4, 0.5) is 0 Å². The fourth-order valence-electron chi connectivity index (χ4n) is 3.27. The number of ether oxygens (including phenoxy) is 2. The van der Waals surface area contributed by atoms with Gasteiger partial charge in [-0.15, -0.1) is 0 Å². The number of aromatic nitrogens is 1. The molecule has 2 aliphatic heterocycles. The van der Waals surface area contributed by atoms with Crippen molar-refractivity contribution in [3.05, 3.63) is 23.4 Å². The molecule has 4 nitrogen and oxygen atoms in total. The van der Waals surface area contributed by atoms with E-state index >= 15 is 0 Å². The summed E-state index contributed by atoms with van der Waals surface area (Å²) in [5.41, 5.74) is 1.17. The monoisotopic (exact) mass is 249 g/mol. The van der Waals surface area contributed by atoms with Gasteiger partial charge in [0.2, 0.25) is 5.88 Å². The molecule has 2 saturated heterocycles. The molecule has 1 N–H and O–H groups in total. The maximum absolute atomic E-state index is 10.9. The molecule has 3 heterocycles. The van der Waals surface area contributed by atoms with Gasteiger partial charge in [-0.3, -0.25) is 0 Å². The molecule has 1 aromatic rings. The van der Waals surface area contributed by atoms with E-state index in [1.165, 1.54) is 0 Å². The van der Waals surface area contributed by atoms with Crippen molar-refractivity contribution in [2.45, 2.75) is 50.4 Å². The molecule has 4 heteroatoms. The molecule has 0 saturated carbocycles. The van der Waals surface area contributed by atoms with E-state index in [1.807, 2.05) is 13.0 Å². The molecule has 0 radical (unpaired) electrons. The second-order valence-electron chi connectivity index (χ2n) is 5.44. The van der Waals surface area contributed by atoms with E-state index in [2.05, 4.69) is 4.98 Å². The first-order valence-electron chi connectivity index (χ1n) is 6.50. The van der Waals surface area contributed by atoms with Gasteiger partial charge >= 0.3 is 0 Å². The van der Waals surface area contributed by atoms with Crippen LogP contribution in [0.3, 0.4) is 0 Å². The van der Waals surface area contributed by atoms with Crippen molar-refractivity contribution < 1.29 is 14.6 Å². The number of nitrogens with zero attached hydrogens (tertiary/aromatic N) is 1.